The maximum absolute atomic E-state index is 6.11. The lowest BCUT2D eigenvalue weighted by atomic mass is 10.1. The Labute approximate surface area is 193 Å². The highest BCUT2D eigenvalue weighted by Crippen LogP contribution is 2.31. The van der Waals surface area contributed by atoms with Crippen molar-refractivity contribution in [2.45, 2.75) is 26.3 Å². The molecule has 4 aromatic heterocycles. The summed E-state index contributed by atoms with van der Waals surface area (Å²) < 4.78 is 1.95. The van der Waals surface area contributed by atoms with Crippen molar-refractivity contribution >= 4 is 17.0 Å². The third-order valence-electron chi connectivity index (χ3n) is 6.35. The number of rotatable bonds is 6. The van der Waals surface area contributed by atoms with Gasteiger partial charge in [-0.25, -0.2) is 15.0 Å². The Hall–Kier alpha value is -3.30. The van der Waals surface area contributed by atoms with Crippen molar-refractivity contribution in [3.05, 3.63) is 42.6 Å². The molecule has 0 aromatic carbocycles. The fourth-order valence-corrected chi connectivity index (χ4v) is 4.27. The van der Waals surface area contributed by atoms with E-state index in [1.54, 1.807) is 0 Å². The molecule has 0 atom stereocenters. The van der Waals surface area contributed by atoms with Gasteiger partial charge in [0, 0.05) is 91.5 Å². The number of nitrogens with zero attached hydrogens (tertiary/aromatic N) is 7. The number of hydrogen-bond donors (Lipinski definition) is 2. The molecule has 5 heterocycles. The molecule has 0 bridgehead atoms. The van der Waals surface area contributed by atoms with Gasteiger partial charge in [0.2, 0.25) is 5.95 Å². The molecule has 4 aromatic rings. The zero-order valence-corrected chi connectivity index (χ0v) is 19.5. The van der Waals surface area contributed by atoms with Crippen LogP contribution in [0.15, 0.2) is 36.9 Å². The number of aromatic nitrogens is 6. The Morgan fingerprint density at radius 1 is 1.06 bits per heavy atom. The fraction of sp³-hybridized carbons (Fsp3) is 0.417. The van der Waals surface area contributed by atoms with E-state index in [9.17, 15) is 0 Å². The molecule has 1 aliphatic rings. The second-order valence-corrected chi connectivity index (χ2v) is 9.12. The molecule has 1 fully saturated rings. The van der Waals surface area contributed by atoms with Gasteiger partial charge in [-0.1, -0.05) is 0 Å². The molecular formula is C24H31N9. The third-order valence-corrected chi connectivity index (χ3v) is 6.35. The molecule has 9 nitrogen and oxygen atoms in total. The summed E-state index contributed by atoms with van der Waals surface area (Å²) in [6.45, 7) is 9.61. The zero-order valence-electron chi connectivity index (χ0n) is 19.5. The molecule has 9 heteroatoms. The van der Waals surface area contributed by atoms with Crippen LogP contribution in [-0.4, -0.2) is 79.3 Å². The van der Waals surface area contributed by atoms with Crippen LogP contribution in [0.5, 0.6) is 0 Å². The number of likely N-dealkylation sites (N-methyl/N-ethyl adjacent to an activating group) is 1. The first-order valence-corrected chi connectivity index (χ1v) is 11.5. The Balaban J connectivity index is 1.42. The van der Waals surface area contributed by atoms with Crippen LogP contribution in [0.25, 0.3) is 33.4 Å². The number of nitrogens with one attached hydrogen (secondary N) is 1. The van der Waals surface area contributed by atoms with E-state index in [2.05, 4.69) is 74.1 Å². The summed E-state index contributed by atoms with van der Waals surface area (Å²) >= 11 is 0. The van der Waals surface area contributed by atoms with E-state index in [4.69, 9.17) is 5.73 Å². The number of piperazine rings is 1. The summed E-state index contributed by atoms with van der Waals surface area (Å²) in [6.07, 6.45) is 8.61. The second kappa shape index (κ2) is 8.92. The number of nitrogens with two attached hydrogens (primary N) is 1. The van der Waals surface area contributed by atoms with E-state index in [0.717, 1.165) is 78.3 Å². The third kappa shape index (κ3) is 4.60. The fourth-order valence-electron chi connectivity index (χ4n) is 4.27. The van der Waals surface area contributed by atoms with Crippen LogP contribution < -0.4 is 5.73 Å². The highest BCUT2D eigenvalue weighted by atomic mass is 15.3. The van der Waals surface area contributed by atoms with Gasteiger partial charge in [-0.15, -0.1) is 0 Å². The lowest BCUT2D eigenvalue weighted by molar-refractivity contribution is 0.155. The number of H-pyrrole nitrogens is 1. The quantitative estimate of drug-likeness (QED) is 0.470. The van der Waals surface area contributed by atoms with Gasteiger partial charge in [-0.3, -0.25) is 4.68 Å². The normalized spacial score (nSPS) is 15.6. The average Bonchev–Trinajstić information content (AvgIpc) is 3.45. The van der Waals surface area contributed by atoms with E-state index in [0.29, 0.717) is 12.0 Å². The summed E-state index contributed by atoms with van der Waals surface area (Å²) in [5.74, 6) is 0.303. The van der Waals surface area contributed by atoms with Crippen LogP contribution >= 0.6 is 0 Å². The highest BCUT2D eigenvalue weighted by Gasteiger charge is 2.16. The highest BCUT2D eigenvalue weighted by molar-refractivity contribution is 5.95. The molecule has 0 aliphatic carbocycles. The molecule has 5 rings (SSSR count). The summed E-state index contributed by atoms with van der Waals surface area (Å²) in [5.41, 5.74) is 11.8. The van der Waals surface area contributed by atoms with Gasteiger partial charge in [-0.05, 0) is 33.0 Å². The van der Waals surface area contributed by atoms with Crippen molar-refractivity contribution in [3.63, 3.8) is 0 Å². The minimum Gasteiger partial charge on any atom is -0.368 e. The molecule has 0 spiro atoms. The van der Waals surface area contributed by atoms with Crippen molar-refractivity contribution in [1.82, 2.24) is 39.5 Å². The Kier molecular flexibility index (Phi) is 5.82. The zero-order chi connectivity index (χ0) is 22.9. The molecule has 0 amide bonds. The minimum absolute atomic E-state index is 0.303. The molecular weight excluding hydrogens is 414 g/mol. The smallest absolute Gasteiger partial charge is 0.220 e. The van der Waals surface area contributed by atoms with Crippen molar-refractivity contribution in [2.75, 3.05) is 45.5 Å². The van der Waals surface area contributed by atoms with E-state index < -0.39 is 0 Å². The van der Waals surface area contributed by atoms with Gasteiger partial charge in [-0.2, -0.15) is 5.10 Å². The van der Waals surface area contributed by atoms with Crippen molar-refractivity contribution < 1.29 is 0 Å². The number of pyridine rings is 1. The minimum atomic E-state index is 0.303. The van der Waals surface area contributed by atoms with Crippen molar-refractivity contribution in [2.24, 2.45) is 0 Å². The molecule has 33 heavy (non-hydrogen) atoms. The Morgan fingerprint density at radius 3 is 2.64 bits per heavy atom. The SMILES string of the molecule is CC(C)n1cc(-c2cnc3[nH]cc(-c4cc(CCN5CCN(C)CC5)nc(N)n4)c3c2)cn1. The number of fused-ring (bicyclic) bond motifs is 1. The van der Waals surface area contributed by atoms with Gasteiger partial charge in [0.1, 0.15) is 5.65 Å². The van der Waals surface area contributed by atoms with E-state index in [-0.39, 0.29) is 0 Å². The van der Waals surface area contributed by atoms with Gasteiger partial charge in [0.15, 0.2) is 0 Å². The largest absolute Gasteiger partial charge is 0.368 e. The molecule has 0 radical (unpaired) electrons. The van der Waals surface area contributed by atoms with Crippen molar-refractivity contribution in [3.8, 4) is 22.4 Å². The molecule has 1 aliphatic heterocycles. The first-order valence-electron chi connectivity index (χ1n) is 11.5. The first-order chi connectivity index (χ1) is 16.0. The van der Waals surface area contributed by atoms with Crippen molar-refractivity contribution in [1.29, 1.82) is 0 Å². The van der Waals surface area contributed by atoms with Crippen LogP contribution in [0.2, 0.25) is 0 Å². The predicted molar refractivity (Wildman–Crippen MR) is 131 cm³/mol. The van der Waals surface area contributed by atoms with Crippen LogP contribution in [0, 0.1) is 0 Å². The maximum atomic E-state index is 6.11. The number of hydrogen-bond acceptors (Lipinski definition) is 7. The lowest BCUT2D eigenvalue weighted by Gasteiger charge is -2.32. The summed E-state index contributed by atoms with van der Waals surface area (Å²) in [5, 5.41) is 5.47. The molecule has 1 saturated heterocycles. The monoisotopic (exact) mass is 445 g/mol. The maximum Gasteiger partial charge on any atom is 0.220 e. The predicted octanol–water partition coefficient (Wildman–Crippen LogP) is 2.84. The summed E-state index contributed by atoms with van der Waals surface area (Å²) in [7, 11) is 2.17. The van der Waals surface area contributed by atoms with Crippen LogP contribution in [-0.2, 0) is 6.42 Å². The average molecular weight is 446 g/mol. The first kappa shape index (κ1) is 21.5. The molecule has 0 unspecified atom stereocenters. The Bertz CT molecular complexity index is 1250. The number of aromatic amines is 1. The van der Waals surface area contributed by atoms with Gasteiger partial charge < -0.3 is 20.5 Å². The van der Waals surface area contributed by atoms with E-state index in [1.807, 2.05) is 23.3 Å². The Morgan fingerprint density at radius 2 is 1.88 bits per heavy atom. The second-order valence-electron chi connectivity index (χ2n) is 9.12. The lowest BCUT2D eigenvalue weighted by Crippen LogP contribution is -2.45. The topological polar surface area (TPSA) is 105 Å². The van der Waals surface area contributed by atoms with E-state index >= 15 is 0 Å². The number of anilines is 1. The van der Waals surface area contributed by atoms with Crippen LogP contribution in [0.3, 0.4) is 0 Å². The van der Waals surface area contributed by atoms with Gasteiger partial charge in [0.25, 0.3) is 0 Å². The summed E-state index contributed by atoms with van der Waals surface area (Å²) in [4.78, 5) is 21.8. The van der Waals surface area contributed by atoms with Crippen LogP contribution in [0.1, 0.15) is 25.6 Å². The summed E-state index contributed by atoms with van der Waals surface area (Å²) in [6, 6.07) is 4.50. The molecule has 0 saturated carbocycles. The van der Waals surface area contributed by atoms with Crippen LogP contribution in [0.4, 0.5) is 5.95 Å². The van der Waals surface area contributed by atoms with Gasteiger partial charge in [0.05, 0.1) is 11.9 Å². The molecule has 3 N–H and O–H groups in total. The van der Waals surface area contributed by atoms with E-state index in [1.165, 1.54) is 0 Å². The molecule has 172 valence electrons. The number of nitrogen functional groups attached to an aromatic ring is 1. The standard InChI is InChI=1S/C24H31N9/c1-16(2)33-15-18(13-28-33)17-10-20-21(14-27-23(20)26-12-17)22-11-19(29-24(25)30-22)4-5-32-8-6-31(3)7-9-32/h10-16H,4-9H2,1-3H3,(H,26,27)(H2,25,29,30). The van der Waals surface area contributed by atoms with Gasteiger partial charge >= 0.3 is 0 Å².